The van der Waals surface area contributed by atoms with Crippen LogP contribution in [-0.4, -0.2) is 33.8 Å². The number of esters is 2. The first-order chi connectivity index (χ1) is 36.4. The van der Waals surface area contributed by atoms with E-state index >= 15 is 0 Å². The van der Waals surface area contributed by atoms with Gasteiger partial charge in [0.15, 0.2) is 5.60 Å². The van der Waals surface area contributed by atoms with Gasteiger partial charge in [0.05, 0.1) is 0 Å². The number of allylic oxidation sites excluding steroid dienone is 4. The standard InChI is InChI=1S/C70H20O5/c1-8-10-12-14-16-18-20-22-24-26-28-30-32-34-36-38-40-42-44-46-48-50-52-54-56-58-60-62-64-66(71)74-69(5,6)70(7,68(3,4)73)75-67(72)65-63-61-59-57-55-53-51-49-47-45-43-41-39-37-35-33-31-29-27-25-23-21-19-17-15-13-11-9-2/h1-2,56-57,73H,3-7H3/q-2. The lowest BCUT2D eigenvalue weighted by Gasteiger charge is -2.48. The van der Waals surface area contributed by atoms with Gasteiger partial charge in [-0.2, -0.15) is 11.8 Å². The average Bonchev–Trinajstić information content (AvgIpc) is 3.37. The topological polar surface area (TPSA) is 72.8 Å². The van der Waals surface area contributed by atoms with Gasteiger partial charge in [0.25, 0.3) is 0 Å². The minimum atomic E-state index is -1.82. The van der Waals surface area contributed by atoms with Crippen molar-refractivity contribution < 1.29 is 24.2 Å². The lowest BCUT2D eigenvalue weighted by Crippen LogP contribution is -2.64. The Kier molecular flexibility index (Phi) is 34.7. The molecule has 332 valence electrons. The summed E-state index contributed by atoms with van der Waals surface area (Å²) in [4.78, 5) is 25.2. The zero-order valence-corrected chi connectivity index (χ0v) is 39.9. The molecule has 0 radical (unpaired) electrons. The third-order valence-electron chi connectivity index (χ3n) is 6.76. The lowest BCUT2D eigenvalue weighted by atomic mass is 9.75. The van der Waals surface area contributed by atoms with Gasteiger partial charge in [0, 0.05) is 59.2 Å². The first-order valence-corrected chi connectivity index (χ1v) is 19.7. The van der Waals surface area contributed by atoms with Crippen molar-refractivity contribution >= 4 is 11.9 Å². The van der Waals surface area contributed by atoms with E-state index in [0.717, 1.165) is 0 Å². The number of rotatable bonds is 4. The van der Waals surface area contributed by atoms with Gasteiger partial charge in [-0.15, -0.1) is 37.2 Å². The highest BCUT2D eigenvalue weighted by atomic mass is 16.6. The molecule has 0 aromatic heterocycles. The summed E-state index contributed by atoms with van der Waals surface area (Å²) in [5, 5.41) is 11.0. The Morgan fingerprint density at radius 1 is 0.347 bits per heavy atom. The molecule has 0 amide bonds. The number of carbonyl (C=O) groups is 2. The summed E-state index contributed by atoms with van der Waals surface area (Å²) >= 11 is 0. The third kappa shape index (κ3) is 36.9. The molecule has 0 spiro atoms. The van der Waals surface area contributed by atoms with E-state index in [1.807, 2.05) is 0 Å². The summed E-state index contributed by atoms with van der Waals surface area (Å²) < 4.78 is 11.0. The fourth-order valence-electron chi connectivity index (χ4n) is 3.40. The number of aliphatic hydroxyl groups is 1. The molecule has 0 saturated heterocycles. The molecule has 0 aromatic carbocycles. The Labute approximate surface area is 442 Å². The van der Waals surface area contributed by atoms with E-state index in [9.17, 15) is 14.7 Å². The van der Waals surface area contributed by atoms with Crippen molar-refractivity contribution in [3.8, 4) is 333 Å². The predicted molar refractivity (Wildman–Crippen MR) is 286 cm³/mol. The molecule has 0 saturated carbocycles. The third-order valence-corrected chi connectivity index (χ3v) is 6.76. The highest BCUT2D eigenvalue weighted by Crippen LogP contribution is 2.39. The maximum absolute atomic E-state index is 12.7. The molecule has 1 N–H and O–H groups in total. The van der Waals surface area contributed by atoms with E-state index in [1.54, 1.807) is 0 Å². The average molecular weight is 941 g/mol. The monoisotopic (exact) mass is 940 g/mol. The molecular formula is C70H20O5-2. The molecule has 0 heterocycles. The van der Waals surface area contributed by atoms with Crippen LogP contribution in [0.15, 0.2) is 12.2 Å². The first-order valence-electron chi connectivity index (χ1n) is 19.7. The van der Waals surface area contributed by atoms with Crippen LogP contribution < -0.4 is 0 Å². The van der Waals surface area contributed by atoms with Crippen molar-refractivity contribution in [2.45, 2.75) is 51.4 Å². The molecule has 1 unspecified atom stereocenters. The zero-order valence-electron chi connectivity index (χ0n) is 39.9. The summed E-state index contributed by atoms with van der Waals surface area (Å²) in [7, 11) is 0. The molecule has 0 aliphatic heterocycles. The molecule has 75 heavy (non-hydrogen) atoms. The van der Waals surface area contributed by atoms with Crippen molar-refractivity contribution in [1.29, 1.82) is 0 Å². The zero-order chi connectivity index (χ0) is 55.1. The Balaban J connectivity index is 5.14. The summed E-state index contributed by atoms with van der Waals surface area (Å²) in [6, 6.07) is 0. The van der Waals surface area contributed by atoms with Gasteiger partial charge in [-0.05, 0) is 236 Å². The smallest absolute Gasteiger partial charge is 0.386 e. The Morgan fingerprint density at radius 2 is 0.573 bits per heavy atom. The minimum absolute atomic E-state index is 1.01. The van der Waals surface area contributed by atoms with Crippen LogP contribution in [0.25, 0.3) is 0 Å². The van der Waals surface area contributed by atoms with Gasteiger partial charge in [0.2, 0.25) is 0 Å². The molecular weight excluding hydrogens is 921 g/mol. The Morgan fingerprint density at radius 3 is 0.813 bits per heavy atom. The summed E-state index contributed by atoms with van der Waals surface area (Å²) in [5.41, 5.74) is -5.18. The van der Waals surface area contributed by atoms with Crippen LogP contribution in [0.1, 0.15) is 34.6 Å². The first kappa shape index (κ1) is 61.1. The predicted octanol–water partition coefficient (Wildman–Crippen LogP) is 1.45. The fraction of sp³-hybridized carbons (Fsp3) is 0.114. The van der Waals surface area contributed by atoms with Crippen LogP contribution in [-0.2, 0) is 19.1 Å². The van der Waals surface area contributed by atoms with Crippen LogP contribution >= 0.6 is 0 Å². The van der Waals surface area contributed by atoms with E-state index in [4.69, 9.17) is 22.3 Å². The van der Waals surface area contributed by atoms with Gasteiger partial charge < -0.3 is 14.6 Å². The molecule has 1 atom stereocenters. The molecule has 0 rings (SSSR count). The van der Waals surface area contributed by atoms with Crippen LogP contribution in [0.2, 0.25) is 0 Å². The van der Waals surface area contributed by atoms with Crippen molar-refractivity contribution in [3.05, 3.63) is 24.3 Å². The van der Waals surface area contributed by atoms with E-state index in [-0.39, 0.29) is 0 Å². The number of terminal acetylenes is 2. The number of ether oxygens (including phenoxy) is 2. The normalized spacial score (nSPS) is 7.31. The number of carbonyl (C=O) groups excluding carboxylic acids is 2. The Hall–Kier alpha value is -13.9. The van der Waals surface area contributed by atoms with Crippen LogP contribution in [0.5, 0.6) is 0 Å². The second-order valence-corrected chi connectivity index (χ2v) is 12.3. The van der Waals surface area contributed by atoms with Crippen molar-refractivity contribution in [2.24, 2.45) is 0 Å². The molecule has 5 heteroatoms. The molecule has 0 aliphatic carbocycles. The van der Waals surface area contributed by atoms with Crippen molar-refractivity contribution in [2.75, 3.05) is 0 Å². The van der Waals surface area contributed by atoms with Gasteiger partial charge in [-0.1, -0.05) is 23.7 Å². The SMILES string of the molecule is C#CC#CC#CC#CC#CC#CC#CC#CC#CC#CC#CC#C[C-]=CC#CC#CC(=O)OC(C)(C)C(C)(OC(=O)C#CC#CC=[C-]C#CC#CC#CC#CC#CC#CC#CC#CC#CC#CC#CC#C)C(C)(C)O. The molecule has 0 aliphatic rings. The molecule has 0 bridgehead atoms. The fourth-order valence-corrected chi connectivity index (χ4v) is 3.40. The van der Waals surface area contributed by atoms with E-state index in [1.165, 1.54) is 46.8 Å². The van der Waals surface area contributed by atoms with E-state index < -0.39 is 28.7 Å². The number of hydrogen-bond acceptors (Lipinski definition) is 5. The quantitative estimate of drug-likeness (QED) is 0.201. The second-order valence-electron chi connectivity index (χ2n) is 12.3. The van der Waals surface area contributed by atoms with Crippen LogP contribution in [0.4, 0.5) is 0 Å². The number of hydrogen-bond donors (Lipinski definition) is 1. The molecule has 0 aromatic rings. The van der Waals surface area contributed by atoms with Crippen molar-refractivity contribution in [1.82, 2.24) is 0 Å². The molecule has 0 fully saturated rings. The largest absolute Gasteiger partial charge is 0.446 e. The molecule has 5 nitrogen and oxygen atoms in total. The summed E-state index contributed by atoms with van der Waals surface area (Å²) in [6.45, 7) is 6.97. The highest BCUT2D eigenvalue weighted by molar-refractivity contribution is 5.90. The highest BCUT2D eigenvalue weighted by Gasteiger charge is 2.57. The van der Waals surface area contributed by atoms with Crippen LogP contribution in [0, 0.1) is 345 Å². The van der Waals surface area contributed by atoms with Crippen molar-refractivity contribution in [3.63, 3.8) is 0 Å². The van der Waals surface area contributed by atoms with Gasteiger partial charge in [-0.25, -0.2) is 33.3 Å². The summed E-state index contributed by atoms with van der Waals surface area (Å²) in [5.74, 6) is 130. The maximum Gasteiger partial charge on any atom is 0.386 e. The van der Waals surface area contributed by atoms with Gasteiger partial charge in [-0.3, -0.25) is 0 Å². The lowest BCUT2D eigenvalue weighted by molar-refractivity contribution is -0.239. The second kappa shape index (κ2) is 42.7. The Bertz CT molecular complexity index is 4310. The van der Waals surface area contributed by atoms with Crippen LogP contribution in [0.3, 0.4) is 0 Å². The maximum atomic E-state index is 12.7. The van der Waals surface area contributed by atoms with Gasteiger partial charge >= 0.3 is 11.9 Å². The van der Waals surface area contributed by atoms with E-state index in [2.05, 4.69) is 332 Å². The van der Waals surface area contributed by atoms with E-state index in [0.29, 0.717) is 0 Å². The van der Waals surface area contributed by atoms with Gasteiger partial charge in [0.1, 0.15) is 11.2 Å². The minimum Gasteiger partial charge on any atom is -0.446 e. The summed E-state index contributed by atoms with van der Waals surface area (Å²) in [6.07, 6.45) is 17.5.